The first-order chi connectivity index (χ1) is 4.30. The summed E-state index contributed by atoms with van der Waals surface area (Å²) in [7, 11) is 0. The first-order valence-corrected chi connectivity index (χ1v) is 2.68. The lowest BCUT2D eigenvalue weighted by Gasteiger charge is -1.92. The monoisotopic (exact) mass is 124 g/mol. The van der Waals surface area contributed by atoms with Crippen molar-refractivity contribution >= 4 is 5.84 Å². The third-order valence-corrected chi connectivity index (χ3v) is 1.03. The second kappa shape index (κ2) is 2.35. The molecule has 0 atom stereocenters. The van der Waals surface area contributed by atoms with Gasteiger partial charge in [-0.2, -0.15) is 0 Å². The van der Waals surface area contributed by atoms with Crippen LogP contribution in [-0.2, 0) is 0 Å². The number of aliphatic hydroxyl groups excluding tert-OH is 1. The van der Waals surface area contributed by atoms with Crippen LogP contribution in [0.5, 0.6) is 0 Å². The fourth-order valence-electron chi connectivity index (χ4n) is 0.544. The van der Waals surface area contributed by atoms with E-state index < -0.39 is 0 Å². The van der Waals surface area contributed by atoms with Gasteiger partial charge in [-0.25, -0.2) is 4.99 Å². The zero-order valence-corrected chi connectivity index (χ0v) is 4.91. The van der Waals surface area contributed by atoms with E-state index >= 15 is 0 Å². The van der Waals surface area contributed by atoms with Gasteiger partial charge in [0.05, 0.1) is 0 Å². The van der Waals surface area contributed by atoms with E-state index in [2.05, 4.69) is 4.99 Å². The third-order valence-electron chi connectivity index (χ3n) is 1.03. The molecule has 1 aliphatic rings. The lowest BCUT2D eigenvalue weighted by Crippen LogP contribution is -2.13. The summed E-state index contributed by atoms with van der Waals surface area (Å²) >= 11 is 0. The van der Waals surface area contributed by atoms with E-state index in [1.54, 1.807) is 12.3 Å². The average Bonchev–Trinajstić information content (AvgIpc) is 1.99. The number of hydrogen-bond acceptors (Lipinski definition) is 3. The number of amidine groups is 1. The summed E-state index contributed by atoms with van der Waals surface area (Å²) in [5, 5.41) is 8.92. The standard InChI is InChI=1S/C6H8N2O/c7-6-5(9)3-1-2-4-8-6/h2-4,9H,1H2,(H2,7,8). The number of allylic oxidation sites excluding steroid dienone is 2. The van der Waals surface area contributed by atoms with Crippen LogP contribution in [0.15, 0.2) is 29.1 Å². The summed E-state index contributed by atoms with van der Waals surface area (Å²) in [6.45, 7) is 0. The second-order valence-corrected chi connectivity index (χ2v) is 1.72. The van der Waals surface area contributed by atoms with Gasteiger partial charge in [0.15, 0.2) is 11.6 Å². The van der Waals surface area contributed by atoms with Crippen LogP contribution in [0.4, 0.5) is 0 Å². The molecule has 0 aliphatic carbocycles. The molecule has 0 saturated heterocycles. The first kappa shape index (κ1) is 5.88. The predicted molar refractivity (Wildman–Crippen MR) is 36.1 cm³/mol. The summed E-state index contributed by atoms with van der Waals surface area (Å²) in [6, 6.07) is 0. The van der Waals surface area contributed by atoms with E-state index in [0.717, 1.165) is 0 Å². The Hall–Kier alpha value is -1.25. The van der Waals surface area contributed by atoms with Crippen molar-refractivity contribution in [2.24, 2.45) is 10.7 Å². The Morgan fingerprint density at radius 3 is 3.22 bits per heavy atom. The number of nitrogens with zero attached hydrogens (tertiary/aromatic N) is 1. The number of rotatable bonds is 0. The van der Waals surface area contributed by atoms with Gasteiger partial charge < -0.3 is 10.8 Å². The molecule has 48 valence electrons. The number of hydrogen-bond donors (Lipinski definition) is 2. The maximum Gasteiger partial charge on any atom is 0.165 e. The molecule has 9 heavy (non-hydrogen) atoms. The van der Waals surface area contributed by atoms with Gasteiger partial charge in [0.1, 0.15) is 0 Å². The topological polar surface area (TPSA) is 58.6 Å². The summed E-state index contributed by atoms with van der Waals surface area (Å²) in [5.74, 6) is 0.253. The smallest absolute Gasteiger partial charge is 0.165 e. The SMILES string of the molecule is NC1=NC=CCC=C1O. The van der Waals surface area contributed by atoms with E-state index in [-0.39, 0.29) is 11.6 Å². The Morgan fingerprint density at radius 2 is 2.44 bits per heavy atom. The van der Waals surface area contributed by atoms with Crippen molar-refractivity contribution in [3.63, 3.8) is 0 Å². The maximum absolute atomic E-state index is 8.92. The molecule has 0 radical (unpaired) electrons. The summed E-state index contributed by atoms with van der Waals surface area (Å²) in [5.41, 5.74) is 5.26. The molecule has 1 heterocycles. The Bertz CT molecular complexity index is 191. The van der Waals surface area contributed by atoms with Crippen molar-refractivity contribution in [1.29, 1.82) is 0 Å². The molecule has 1 rings (SSSR count). The minimum absolute atomic E-state index is 0.0694. The van der Waals surface area contributed by atoms with Crippen LogP contribution in [-0.4, -0.2) is 10.9 Å². The van der Waals surface area contributed by atoms with Gasteiger partial charge in [0.25, 0.3) is 0 Å². The fourth-order valence-corrected chi connectivity index (χ4v) is 0.544. The minimum atomic E-state index is 0.0694. The average molecular weight is 124 g/mol. The molecule has 0 aromatic carbocycles. The van der Waals surface area contributed by atoms with Crippen LogP contribution >= 0.6 is 0 Å². The quantitative estimate of drug-likeness (QED) is 0.499. The van der Waals surface area contributed by atoms with Crippen molar-refractivity contribution in [2.75, 3.05) is 0 Å². The minimum Gasteiger partial charge on any atom is -0.504 e. The van der Waals surface area contributed by atoms with Crippen molar-refractivity contribution in [2.45, 2.75) is 6.42 Å². The molecule has 3 nitrogen and oxygen atoms in total. The highest BCUT2D eigenvalue weighted by Crippen LogP contribution is 1.98. The van der Waals surface area contributed by atoms with Gasteiger partial charge >= 0.3 is 0 Å². The predicted octanol–water partition coefficient (Wildman–Crippen LogP) is 0.703. The molecule has 3 N–H and O–H groups in total. The van der Waals surface area contributed by atoms with E-state index in [1.165, 1.54) is 0 Å². The van der Waals surface area contributed by atoms with Crippen LogP contribution in [0.2, 0.25) is 0 Å². The first-order valence-electron chi connectivity index (χ1n) is 2.68. The molecule has 0 aromatic rings. The van der Waals surface area contributed by atoms with Crippen molar-refractivity contribution in [3.05, 3.63) is 24.1 Å². The zero-order valence-electron chi connectivity index (χ0n) is 4.91. The largest absolute Gasteiger partial charge is 0.504 e. The number of aliphatic hydroxyl groups is 1. The van der Waals surface area contributed by atoms with E-state index in [1.807, 2.05) is 6.08 Å². The molecule has 0 saturated carbocycles. The third kappa shape index (κ3) is 1.32. The van der Waals surface area contributed by atoms with Gasteiger partial charge in [0.2, 0.25) is 0 Å². The Morgan fingerprint density at radius 1 is 1.67 bits per heavy atom. The highest BCUT2D eigenvalue weighted by atomic mass is 16.3. The van der Waals surface area contributed by atoms with E-state index in [9.17, 15) is 0 Å². The van der Waals surface area contributed by atoms with Gasteiger partial charge in [-0.3, -0.25) is 0 Å². The normalized spacial score (nSPS) is 18.2. The van der Waals surface area contributed by atoms with Gasteiger partial charge in [-0.1, -0.05) is 6.08 Å². The molecule has 1 aliphatic heterocycles. The van der Waals surface area contributed by atoms with Gasteiger partial charge in [0, 0.05) is 6.20 Å². The van der Waals surface area contributed by atoms with Crippen molar-refractivity contribution in [3.8, 4) is 0 Å². The summed E-state index contributed by atoms with van der Waals surface area (Å²) < 4.78 is 0. The highest BCUT2D eigenvalue weighted by molar-refractivity contribution is 5.95. The lowest BCUT2D eigenvalue weighted by atomic mass is 10.3. The van der Waals surface area contributed by atoms with Gasteiger partial charge in [-0.15, -0.1) is 0 Å². The Balaban J connectivity index is 2.85. The molecule has 3 heteroatoms. The molecule has 0 bridgehead atoms. The lowest BCUT2D eigenvalue weighted by molar-refractivity contribution is 0.440. The second-order valence-electron chi connectivity index (χ2n) is 1.72. The molecular weight excluding hydrogens is 116 g/mol. The summed E-state index contributed by atoms with van der Waals surface area (Å²) in [4.78, 5) is 3.70. The van der Waals surface area contributed by atoms with E-state index in [4.69, 9.17) is 10.8 Å². The highest BCUT2D eigenvalue weighted by Gasteiger charge is 1.97. The Kier molecular flexibility index (Phi) is 1.53. The van der Waals surface area contributed by atoms with E-state index in [0.29, 0.717) is 6.42 Å². The molecule has 0 aromatic heterocycles. The van der Waals surface area contributed by atoms with Crippen molar-refractivity contribution in [1.82, 2.24) is 0 Å². The fraction of sp³-hybridized carbons (Fsp3) is 0.167. The molecule has 0 spiro atoms. The van der Waals surface area contributed by atoms with Crippen LogP contribution in [0.1, 0.15) is 6.42 Å². The van der Waals surface area contributed by atoms with Crippen molar-refractivity contribution < 1.29 is 5.11 Å². The van der Waals surface area contributed by atoms with Crippen LogP contribution < -0.4 is 5.73 Å². The Labute approximate surface area is 53.2 Å². The number of nitrogens with two attached hydrogens (primary N) is 1. The number of aliphatic imine (C=N–C) groups is 1. The van der Waals surface area contributed by atoms with Crippen LogP contribution in [0, 0.1) is 0 Å². The summed E-state index contributed by atoms with van der Waals surface area (Å²) in [6.07, 6.45) is 5.70. The molecule has 0 fully saturated rings. The van der Waals surface area contributed by atoms with Gasteiger partial charge in [-0.05, 0) is 12.5 Å². The van der Waals surface area contributed by atoms with Crippen LogP contribution in [0.25, 0.3) is 0 Å². The molecule has 0 amide bonds. The zero-order chi connectivity index (χ0) is 6.69. The van der Waals surface area contributed by atoms with Crippen LogP contribution in [0.3, 0.4) is 0 Å². The molecular formula is C6H8N2O. The maximum atomic E-state index is 8.92. The molecule has 0 unspecified atom stereocenters.